The second-order valence-electron chi connectivity index (χ2n) is 6.46. The zero-order valence-electron chi connectivity index (χ0n) is 15.8. The Balaban J connectivity index is 2.00. The zero-order chi connectivity index (χ0) is 19.8. The van der Waals surface area contributed by atoms with Crippen LogP contribution >= 0.6 is 0 Å². The maximum Gasteiger partial charge on any atom is 0.307 e. The van der Waals surface area contributed by atoms with E-state index in [4.69, 9.17) is 15.7 Å². The van der Waals surface area contributed by atoms with Crippen LogP contribution in [0, 0.1) is 0 Å². The van der Waals surface area contributed by atoms with Crippen LogP contribution in [0.5, 0.6) is 5.75 Å². The van der Waals surface area contributed by atoms with Crippen LogP contribution in [-0.4, -0.2) is 16.1 Å². The molecule has 0 aliphatic carbocycles. The molecule has 2 rings (SSSR count). The third-order valence-electron chi connectivity index (χ3n) is 4.24. The summed E-state index contributed by atoms with van der Waals surface area (Å²) in [5.41, 5.74) is 4.15. The Morgan fingerprint density at radius 3 is 2.22 bits per heavy atom. The summed E-state index contributed by atoms with van der Waals surface area (Å²) in [4.78, 5) is 11.1. The van der Waals surface area contributed by atoms with Crippen LogP contribution < -0.4 is 10.6 Å². The van der Waals surface area contributed by atoms with Crippen molar-refractivity contribution < 1.29 is 14.6 Å². The molecular weight excluding hydrogens is 340 g/mol. The summed E-state index contributed by atoms with van der Waals surface area (Å²) in [7, 11) is 0. The third kappa shape index (κ3) is 6.31. The Morgan fingerprint density at radius 2 is 1.67 bits per heavy atom. The highest BCUT2D eigenvalue weighted by Crippen LogP contribution is 2.20. The maximum atomic E-state index is 11.1. The van der Waals surface area contributed by atoms with Gasteiger partial charge in [0.2, 0.25) is 0 Å². The lowest BCUT2D eigenvalue weighted by molar-refractivity contribution is -0.136. The number of hydrogen-bond acceptors (Lipinski definition) is 4. The summed E-state index contributed by atoms with van der Waals surface area (Å²) in [5.74, 6) is 6.09. The molecule has 0 aliphatic rings. The monoisotopic (exact) mass is 366 g/mol. The molecule has 0 radical (unpaired) electrons. The number of nitrogens with two attached hydrogens (primary N) is 1. The molecule has 0 amide bonds. The summed E-state index contributed by atoms with van der Waals surface area (Å²) < 4.78 is 5.74. The molecule has 5 heteroatoms. The fourth-order valence-electron chi connectivity index (χ4n) is 2.65. The maximum absolute atomic E-state index is 11.1. The number of carboxylic acids is 1. The van der Waals surface area contributed by atoms with Gasteiger partial charge in [0.25, 0.3) is 0 Å². The number of para-hydroxylation sites is 1. The van der Waals surface area contributed by atoms with Crippen LogP contribution in [0.25, 0.3) is 0 Å². The number of allylic oxidation sites excluding steroid dienone is 2. The highest BCUT2D eigenvalue weighted by molar-refractivity contribution is 5.71. The van der Waals surface area contributed by atoms with Gasteiger partial charge in [0.1, 0.15) is 12.4 Å². The van der Waals surface area contributed by atoms with Crippen LogP contribution in [0.2, 0.25) is 0 Å². The van der Waals surface area contributed by atoms with Gasteiger partial charge in [-0.2, -0.15) is 0 Å². The van der Waals surface area contributed by atoms with Gasteiger partial charge in [0.15, 0.2) is 0 Å². The predicted octanol–water partition coefficient (Wildman–Crippen LogP) is 4.27. The van der Waals surface area contributed by atoms with Crippen molar-refractivity contribution in [3.05, 3.63) is 89.1 Å². The zero-order valence-corrected chi connectivity index (χ0v) is 15.8. The van der Waals surface area contributed by atoms with Crippen LogP contribution in [0.4, 0.5) is 0 Å². The minimum atomic E-state index is -0.900. The quantitative estimate of drug-likeness (QED) is 0.394. The first-order valence-corrected chi connectivity index (χ1v) is 8.72. The van der Waals surface area contributed by atoms with Gasteiger partial charge in [-0.15, -0.1) is 0 Å². The summed E-state index contributed by atoms with van der Waals surface area (Å²) >= 11 is 0. The highest BCUT2D eigenvalue weighted by atomic mass is 16.5. The van der Waals surface area contributed by atoms with E-state index in [-0.39, 0.29) is 6.42 Å². The second kappa shape index (κ2) is 9.59. The molecule has 0 saturated carbocycles. The number of aliphatic carboxylic acids is 1. The third-order valence-corrected chi connectivity index (χ3v) is 4.24. The molecule has 3 N–H and O–H groups in total. The van der Waals surface area contributed by atoms with Crippen molar-refractivity contribution in [3.63, 3.8) is 0 Å². The lowest BCUT2D eigenvalue weighted by Gasteiger charge is -2.23. The van der Waals surface area contributed by atoms with Crippen molar-refractivity contribution in [2.24, 2.45) is 5.84 Å². The van der Waals surface area contributed by atoms with Crippen LogP contribution in [-0.2, 0) is 17.9 Å². The number of ether oxygens (including phenoxy) is 1. The van der Waals surface area contributed by atoms with E-state index in [2.05, 4.69) is 6.58 Å². The summed E-state index contributed by atoms with van der Waals surface area (Å²) in [6.07, 6.45) is -0.0926. The van der Waals surface area contributed by atoms with Gasteiger partial charge >= 0.3 is 5.97 Å². The fourth-order valence-corrected chi connectivity index (χ4v) is 2.65. The molecule has 0 heterocycles. The van der Waals surface area contributed by atoms with E-state index >= 15 is 0 Å². The highest BCUT2D eigenvalue weighted by Gasteiger charge is 2.12. The lowest BCUT2D eigenvalue weighted by atomic mass is 10.0. The fraction of sp³-hybridized carbons (Fsp3) is 0.227. The molecule has 5 nitrogen and oxygen atoms in total. The van der Waals surface area contributed by atoms with Crippen LogP contribution in [0.15, 0.2) is 78.0 Å². The van der Waals surface area contributed by atoms with Gasteiger partial charge in [-0.05, 0) is 42.7 Å². The predicted molar refractivity (Wildman–Crippen MR) is 107 cm³/mol. The normalized spacial score (nSPS) is 11.5. The number of carboxylic acid groups (broad SMARTS) is 1. The van der Waals surface area contributed by atoms with Gasteiger partial charge in [0.05, 0.1) is 13.0 Å². The molecule has 2 aromatic carbocycles. The van der Waals surface area contributed by atoms with Crippen molar-refractivity contribution in [3.8, 4) is 5.75 Å². The molecule has 0 spiro atoms. The van der Waals surface area contributed by atoms with Crippen molar-refractivity contribution in [1.82, 2.24) is 5.01 Å². The minimum absolute atomic E-state index is 0.0926. The largest absolute Gasteiger partial charge is 0.489 e. The topological polar surface area (TPSA) is 75.8 Å². The van der Waals surface area contributed by atoms with Gasteiger partial charge in [0, 0.05) is 5.70 Å². The van der Waals surface area contributed by atoms with E-state index in [1.54, 1.807) is 11.9 Å². The number of hydrogen-bond donors (Lipinski definition) is 2. The van der Waals surface area contributed by atoms with Gasteiger partial charge in [-0.1, -0.05) is 54.6 Å². The molecule has 27 heavy (non-hydrogen) atoms. The molecule has 0 aromatic heterocycles. The lowest BCUT2D eigenvalue weighted by Crippen LogP contribution is -2.30. The number of rotatable bonds is 9. The SMILES string of the molecule is C=C(C)/C(CC(=O)O)=C(/C)N(N)Cc1ccc(COc2ccccc2)cc1. The Kier molecular flexibility index (Phi) is 7.20. The Bertz CT molecular complexity index is 811. The van der Waals surface area contributed by atoms with Crippen molar-refractivity contribution in [2.75, 3.05) is 0 Å². The molecule has 142 valence electrons. The average Bonchev–Trinajstić information content (AvgIpc) is 2.65. The van der Waals surface area contributed by atoms with Crippen LogP contribution in [0.1, 0.15) is 31.4 Å². The molecule has 0 saturated heterocycles. The minimum Gasteiger partial charge on any atom is -0.489 e. The molecule has 2 aromatic rings. The Labute approximate surface area is 160 Å². The van der Waals surface area contributed by atoms with Crippen LogP contribution in [0.3, 0.4) is 0 Å². The molecule has 0 unspecified atom stereocenters. The molecular formula is C22H26N2O3. The molecule has 0 fully saturated rings. The van der Waals surface area contributed by atoms with E-state index in [0.29, 0.717) is 30.0 Å². The van der Waals surface area contributed by atoms with E-state index in [1.165, 1.54) is 0 Å². The smallest absolute Gasteiger partial charge is 0.307 e. The number of carbonyl (C=O) groups is 1. The van der Waals surface area contributed by atoms with Gasteiger partial charge < -0.3 is 14.9 Å². The van der Waals surface area contributed by atoms with E-state index in [1.807, 2.05) is 61.5 Å². The molecule has 0 bridgehead atoms. The van der Waals surface area contributed by atoms with Crippen molar-refractivity contribution >= 4 is 5.97 Å². The summed E-state index contributed by atoms with van der Waals surface area (Å²) in [5, 5.41) is 10.6. The Hall–Kier alpha value is -3.05. The van der Waals surface area contributed by atoms with E-state index in [0.717, 1.165) is 16.9 Å². The second-order valence-corrected chi connectivity index (χ2v) is 6.46. The molecule has 0 atom stereocenters. The van der Waals surface area contributed by atoms with Crippen molar-refractivity contribution in [2.45, 2.75) is 33.4 Å². The van der Waals surface area contributed by atoms with E-state index < -0.39 is 5.97 Å². The first-order chi connectivity index (χ1) is 12.9. The summed E-state index contributed by atoms with van der Waals surface area (Å²) in [6.45, 7) is 8.43. The van der Waals surface area contributed by atoms with E-state index in [9.17, 15) is 4.79 Å². The van der Waals surface area contributed by atoms with Crippen molar-refractivity contribution in [1.29, 1.82) is 0 Å². The number of benzene rings is 2. The first kappa shape index (κ1) is 20.3. The average molecular weight is 366 g/mol. The van der Waals surface area contributed by atoms with Gasteiger partial charge in [-0.25, -0.2) is 5.84 Å². The molecule has 0 aliphatic heterocycles. The number of hydrazine groups is 1. The standard InChI is InChI=1S/C22H26N2O3/c1-16(2)21(13-22(25)26)17(3)24(23)14-18-9-11-19(12-10-18)15-27-20-7-5-4-6-8-20/h4-12H,1,13-15,23H2,2-3H3,(H,25,26)/b21-17-. The Morgan fingerprint density at radius 1 is 1.07 bits per heavy atom. The number of nitrogens with zero attached hydrogens (tertiary/aromatic N) is 1. The first-order valence-electron chi connectivity index (χ1n) is 8.72. The summed E-state index contributed by atoms with van der Waals surface area (Å²) in [6, 6.07) is 17.7. The van der Waals surface area contributed by atoms with Gasteiger partial charge in [-0.3, -0.25) is 4.79 Å².